The molecule has 0 aliphatic carbocycles. The third-order valence-electron chi connectivity index (χ3n) is 2.46. The van der Waals surface area contributed by atoms with Gasteiger partial charge in [0.2, 0.25) is 0 Å². The Morgan fingerprint density at radius 2 is 2.35 bits per heavy atom. The normalized spacial score (nSPS) is 13.8. The summed E-state index contributed by atoms with van der Waals surface area (Å²) in [5, 5.41) is 3.05. The second kappa shape index (κ2) is 5.39. The maximum atomic E-state index is 5.62. The number of hydrogen-bond donors (Lipinski definition) is 1. The number of ether oxygens (including phenoxy) is 2. The van der Waals surface area contributed by atoms with E-state index in [1.807, 2.05) is 24.3 Å². The second-order valence-corrected chi connectivity index (χ2v) is 3.69. The molecule has 0 unspecified atom stereocenters. The van der Waals surface area contributed by atoms with Crippen molar-refractivity contribution in [1.82, 2.24) is 5.32 Å². The topological polar surface area (TPSA) is 42.8 Å². The first-order valence-electron chi connectivity index (χ1n) is 5.57. The van der Waals surface area contributed by atoms with Crippen LogP contribution >= 0.6 is 0 Å². The van der Waals surface area contributed by atoms with Gasteiger partial charge in [-0.1, -0.05) is 12.1 Å². The van der Waals surface area contributed by atoms with Gasteiger partial charge in [0, 0.05) is 6.54 Å². The zero-order chi connectivity index (χ0) is 12.1. The lowest BCUT2D eigenvalue weighted by Crippen LogP contribution is -2.24. The summed E-state index contributed by atoms with van der Waals surface area (Å²) in [6.07, 6.45) is 2.67. The Labute approximate surface area is 101 Å². The molecule has 0 amide bonds. The van der Waals surface area contributed by atoms with E-state index in [-0.39, 0.29) is 0 Å². The quantitative estimate of drug-likeness (QED) is 0.804. The third-order valence-corrected chi connectivity index (χ3v) is 2.46. The summed E-state index contributed by atoms with van der Waals surface area (Å²) in [5.74, 6) is 1.38. The first-order chi connectivity index (χ1) is 8.33. The van der Waals surface area contributed by atoms with Gasteiger partial charge in [-0.25, -0.2) is 4.99 Å². The van der Waals surface area contributed by atoms with Crippen molar-refractivity contribution in [3.8, 4) is 11.5 Å². The summed E-state index contributed by atoms with van der Waals surface area (Å²) in [5.41, 5.74) is 1.14. The van der Waals surface area contributed by atoms with Crippen LogP contribution in [0.4, 0.5) is 0 Å². The van der Waals surface area contributed by atoms with Crippen molar-refractivity contribution in [2.24, 2.45) is 4.99 Å². The van der Waals surface area contributed by atoms with Crippen LogP contribution in [-0.2, 0) is 6.42 Å². The molecule has 0 bridgehead atoms. The molecule has 17 heavy (non-hydrogen) atoms. The molecule has 1 heterocycles. The summed E-state index contributed by atoms with van der Waals surface area (Å²) in [4.78, 5) is 4.18. The van der Waals surface area contributed by atoms with E-state index >= 15 is 0 Å². The van der Waals surface area contributed by atoms with E-state index in [4.69, 9.17) is 9.47 Å². The molecule has 1 aromatic rings. The molecule has 0 atom stereocenters. The Bertz CT molecular complexity index is 441. The fourth-order valence-corrected chi connectivity index (χ4v) is 1.64. The number of amidine groups is 1. The number of methoxy groups -OCH3 is 1. The molecular weight excluding hydrogens is 216 g/mol. The minimum Gasteiger partial charge on any atom is -0.493 e. The van der Waals surface area contributed by atoms with E-state index < -0.39 is 0 Å². The highest BCUT2D eigenvalue weighted by Crippen LogP contribution is 2.28. The number of rotatable bonds is 4. The van der Waals surface area contributed by atoms with Crippen molar-refractivity contribution >= 4 is 6.02 Å². The van der Waals surface area contributed by atoms with Crippen LogP contribution in [0.1, 0.15) is 5.56 Å². The minimum atomic E-state index is 0.555. The lowest BCUT2D eigenvalue weighted by atomic mass is 10.1. The molecule has 4 heteroatoms. The predicted octanol–water partition coefficient (Wildman–Crippen LogP) is 1.76. The van der Waals surface area contributed by atoms with Gasteiger partial charge in [-0.2, -0.15) is 0 Å². The summed E-state index contributed by atoms with van der Waals surface area (Å²) in [7, 11) is 1.63. The average Bonchev–Trinajstić information content (AvgIpc) is 2.84. The smallest absolute Gasteiger partial charge is 0.290 e. The van der Waals surface area contributed by atoms with Gasteiger partial charge in [0.1, 0.15) is 0 Å². The van der Waals surface area contributed by atoms with Crippen LogP contribution in [0.5, 0.6) is 11.5 Å². The fourth-order valence-electron chi connectivity index (χ4n) is 1.64. The van der Waals surface area contributed by atoms with Gasteiger partial charge in [0.15, 0.2) is 11.5 Å². The third kappa shape index (κ3) is 2.78. The highest BCUT2D eigenvalue weighted by atomic mass is 16.5. The highest BCUT2D eigenvalue weighted by Gasteiger charge is 2.11. The van der Waals surface area contributed by atoms with Crippen LogP contribution in [0.15, 0.2) is 35.8 Å². The Hall–Kier alpha value is -1.97. The van der Waals surface area contributed by atoms with Gasteiger partial charge < -0.3 is 14.8 Å². The van der Waals surface area contributed by atoms with Crippen molar-refractivity contribution in [3.05, 3.63) is 36.4 Å². The summed E-state index contributed by atoms with van der Waals surface area (Å²) < 4.78 is 10.9. The Balaban J connectivity index is 2.18. The molecule has 0 saturated carbocycles. The molecular formula is C13H16N2O2. The van der Waals surface area contributed by atoms with Crippen LogP contribution in [0, 0.1) is 0 Å². The number of nitrogens with one attached hydrogen (secondary N) is 1. The van der Waals surface area contributed by atoms with Crippen molar-refractivity contribution < 1.29 is 9.47 Å². The number of hydrogen-bond acceptors (Lipinski definition) is 4. The molecule has 0 saturated heterocycles. The zero-order valence-corrected chi connectivity index (χ0v) is 9.90. The molecule has 2 rings (SSSR count). The number of nitrogens with zero attached hydrogens (tertiary/aromatic N) is 1. The van der Waals surface area contributed by atoms with Crippen LogP contribution in [-0.4, -0.2) is 26.2 Å². The molecule has 0 fully saturated rings. The average molecular weight is 232 g/mol. The Morgan fingerprint density at radius 1 is 1.47 bits per heavy atom. The van der Waals surface area contributed by atoms with E-state index in [1.165, 1.54) is 0 Å². The summed E-state index contributed by atoms with van der Waals surface area (Å²) in [6, 6.07) is 6.39. The molecule has 0 aromatic heterocycles. The molecule has 1 aromatic carbocycles. The van der Waals surface area contributed by atoms with Crippen molar-refractivity contribution in [1.29, 1.82) is 0 Å². The van der Waals surface area contributed by atoms with Gasteiger partial charge in [0.05, 0.1) is 13.7 Å². The van der Waals surface area contributed by atoms with Gasteiger partial charge in [-0.3, -0.25) is 0 Å². The zero-order valence-electron chi connectivity index (χ0n) is 9.90. The first kappa shape index (κ1) is 11.5. The summed E-state index contributed by atoms with van der Waals surface area (Å²) in [6.45, 7) is 5.30. The van der Waals surface area contributed by atoms with Gasteiger partial charge in [0.25, 0.3) is 6.02 Å². The van der Waals surface area contributed by atoms with Crippen molar-refractivity contribution in [2.75, 3.05) is 20.2 Å². The number of benzene rings is 1. The molecule has 4 nitrogen and oxygen atoms in total. The fraction of sp³-hybridized carbons (Fsp3) is 0.308. The molecule has 90 valence electrons. The maximum absolute atomic E-state index is 5.62. The van der Waals surface area contributed by atoms with Crippen molar-refractivity contribution in [2.45, 2.75) is 6.42 Å². The maximum Gasteiger partial charge on any atom is 0.290 e. The van der Waals surface area contributed by atoms with Crippen LogP contribution in [0.25, 0.3) is 0 Å². The van der Waals surface area contributed by atoms with E-state index in [0.717, 1.165) is 25.1 Å². The van der Waals surface area contributed by atoms with E-state index in [1.54, 1.807) is 7.11 Å². The largest absolute Gasteiger partial charge is 0.493 e. The van der Waals surface area contributed by atoms with Crippen LogP contribution < -0.4 is 14.8 Å². The van der Waals surface area contributed by atoms with Crippen molar-refractivity contribution in [3.63, 3.8) is 0 Å². The SMILES string of the molecule is C=CCc1ccc(OC2=NCCN2)c(OC)c1. The summed E-state index contributed by atoms with van der Waals surface area (Å²) >= 11 is 0. The van der Waals surface area contributed by atoms with E-state index in [2.05, 4.69) is 16.9 Å². The first-order valence-corrected chi connectivity index (χ1v) is 5.57. The van der Waals surface area contributed by atoms with E-state index in [9.17, 15) is 0 Å². The Morgan fingerprint density at radius 3 is 3.00 bits per heavy atom. The number of allylic oxidation sites excluding steroid dienone is 1. The minimum absolute atomic E-state index is 0.555. The number of aliphatic imine (C=N–C) groups is 1. The predicted molar refractivity (Wildman–Crippen MR) is 67.8 cm³/mol. The lowest BCUT2D eigenvalue weighted by molar-refractivity contribution is 0.388. The molecule has 0 radical (unpaired) electrons. The monoisotopic (exact) mass is 232 g/mol. The molecule has 0 spiro atoms. The molecule has 1 N–H and O–H groups in total. The molecule has 1 aliphatic rings. The second-order valence-electron chi connectivity index (χ2n) is 3.69. The van der Waals surface area contributed by atoms with Crippen LogP contribution in [0.3, 0.4) is 0 Å². The standard InChI is InChI=1S/C13H16N2O2/c1-3-4-10-5-6-11(12(9-10)16-2)17-13-14-7-8-15-13/h3,5-6,9H,1,4,7-8H2,2H3,(H,14,15). The van der Waals surface area contributed by atoms with Gasteiger partial charge in [-0.05, 0) is 24.1 Å². The Kier molecular flexibility index (Phi) is 3.65. The van der Waals surface area contributed by atoms with Crippen LogP contribution in [0.2, 0.25) is 0 Å². The van der Waals surface area contributed by atoms with E-state index in [0.29, 0.717) is 17.5 Å². The highest BCUT2D eigenvalue weighted by molar-refractivity contribution is 5.78. The lowest BCUT2D eigenvalue weighted by Gasteiger charge is -2.11. The molecule has 1 aliphatic heterocycles. The van der Waals surface area contributed by atoms with Gasteiger partial charge in [-0.15, -0.1) is 6.58 Å². The van der Waals surface area contributed by atoms with Gasteiger partial charge >= 0.3 is 0 Å².